The average Bonchev–Trinajstić information content (AvgIpc) is 2.97. The molecule has 4 rings (SSSR count). The Bertz CT molecular complexity index is 1050. The van der Waals surface area contributed by atoms with Gasteiger partial charge in [0.05, 0.1) is 29.4 Å². The molecule has 0 bridgehead atoms. The first kappa shape index (κ1) is 15.2. The highest BCUT2D eigenvalue weighted by molar-refractivity contribution is 6.11. The van der Waals surface area contributed by atoms with Crippen molar-refractivity contribution < 1.29 is 14.3 Å². The molecular weight excluding hydrogens is 316 g/mol. The van der Waals surface area contributed by atoms with Gasteiger partial charge in [-0.25, -0.2) is 9.78 Å². The van der Waals surface area contributed by atoms with E-state index in [1.54, 1.807) is 19.2 Å². The van der Waals surface area contributed by atoms with Gasteiger partial charge in [-0.2, -0.15) is 0 Å². The molecule has 5 nitrogen and oxygen atoms in total. The van der Waals surface area contributed by atoms with Gasteiger partial charge < -0.3 is 13.9 Å². The van der Waals surface area contributed by atoms with Crippen LogP contribution in [0, 0.1) is 0 Å². The number of nitrogens with zero attached hydrogens (tertiary/aromatic N) is 2. The fourth-order valence-electron chi connectivity index (χ4n) is 2.92. The third-order valence-electron chi connectivity index (χ3n) is 3.95. The molecule has 0 spiro atoms. The summed E-state index contributed by atoms with van der Waals surface area (Å²) in [5.41, 5.74) is 2.28. The minimum Gasteiger partial charge on any atom is -0.462 e. The first-order chi connectivity index (χ1) is 12.3. The van der Waals surface area contributed by atoms with E-state index in [1.165, 1.54) is 0 Å². The largest absolute Gasteiger partial charge is 0.462 e. The summed E-state index contributed by atoms with van der Waals surface area (Å²) in [5.74, 6) is 0.839. The summed E-state index contributed by atoms with van der Waals surface area (Å²) in [7, 11) is 0. The predicted molar refractivity (Wildman–Crippen MR) is 95.2 cm³/mol. The average molecular weight is 332 g/mol. The molecule has 0 aliphatic carbocycles. The van der Waals surface area contributed by atoms with Crippen LogP contribution in [0.2, 0.25) is 0 Å². The molecule has 0 radical (unpaired) electrons. The Labute approximate surface area is 144 Å². The standard InChI is InChI=1S/C20H16N2O3/c1-2-24-20(23)19-15-7-3-4-8-16(15)22-13-14(10-11-17(19)22)25-18-9-5-6-12-21-18/h3-13H,2H2,1H3. The van der Waals surface area contributed by atoms with Crippen LogP contribution in [0.15, 0.2) is 67.0 Å². The van der Waals surface area contributed by atoms with Crippen LogP contribution >= 0.6 is 0 Å². The molecule has 0 saturated carbocycles. The van der Waals surface area contributed by atoms with Crippen LogP contribution in [0.1, 0.15) is 17.3 Å². The van der Waals surface area contributed by atoms with Gasteiger partial charge in [-0.05, 0) is 31.2 Å². The lowest BCUT2D eigenvalue weighted by atomic mass is 10.1. The highest BCUT2D eigenvalue weighted by Crippen LogP contribution is 2.30. The Balaban J connectivity index is 1.88. The number of fused-ring (bicyclic) bond motifs is 3. The molecule has 0 fully saturated rings. The molecule has 124 valence electrons. The molecule has 0 N–H and O–H groups in total. The maximum Gasteiger partial charge on any atom is 0.340 e. The summed E-state index contributed by atoms with van der Waals surface area (Å²) in [4.78, 5) is 16.6. The summed E-state index contributed by atoms with van der Waals surface area (Å²) in [6.07, 6.45) is 3.53. The van der Waals surface area contributed by atoms with Gasteiger partial charge in [0, 0.05) is 17.6 Å². The summed E-state index contributed by atoms with van der Waals surface area (Å²) < 4.78 is 13.0. The number of carbonyl (C=O) groups excluding carboxylic acids is 1. The Kier molecular flexibility index (Phi) is 3.82. The molecular formula is C20H16N2O3. The molecule has 0 amide bonds. The lowest BCUT2D eigenvalue weighted by Gasteiger charge is -2.06. The number of hydrogen-bond donors (Lipinski definition) is 0. The van der Waals surface area contributed by atoms with Crippen LogP contribution in [0.3, 0.4) is 0 Å². The van der Waals surface area contributed by atoms with E-state index in [2.05, 4.69) is 4.98 Å². The van der Waals surface area contributed by atoms with Gasteiger partial charge in [0.25, 0.3) is 0 Å². The van der Waals surface area contributed by atoms with Crippen LogP contribution in [0.4, 0.5) is 0 Å². The summed E-state index contributed by atoms with van der Waals surface area (Å²) in [6.45, 7) is 2.14. The zero-order valence-electron chi connectivity index (χ0n) is 13.7. The zero-order valence-corrected chi connectivity index (χ0v) is 13.7. The fraction of sp³-hybridized carbons (Fsp3) is 0.100. The quantitative estimate of drug-likeness (QED) is 0.518. The van der Waals surface area contributed by atoms with Crippen molar-refractivity contribution in [3.63, 3.8) is 0 Å². The molecule has 0 atom stereocenters. The van der Waals surface area contributed by atoms with E-state index in [1.807, 2.05) is 59.1 Å². The highest BCUT2D eigenvalue weighted by Gasteiger charge is 2.19. The summed E-state index contributed by atoms with van der Waals surface area (Å²) in [6, 6.07) is 16.9. The summed E-state index contributed by atoms with van der Waals surface area (Å²) >= 11 is 0. The van der Waals surface area contributed by atoms with E-state index in [9.17, 15) is 4.79 Å². The van der Waals surface area contributed by atoms with Crippen LogP contribution < -0.4 is 4.74 Å². The number of aromatic nitrogens is 2. The van der Waals surface area contributed by atoms with Gasteiger partial charge in [-0.15, -0.1) is 0 Å². The number of carbonyl (C=O) groups is 1. The van der Waals surface area contributed by atoms with Gasteiger partial charge in [0.15, 0.2) is 0 Å². The van der Waals surface area contributed by atoms with Gasteiger partial charge in [-0.3, -0.25) is 0 Å². The molecule has 25 heavy (non-hydrogen) atoms. The minimum atomic E-state index is -0.320. The fourth-order valence-corrected chi connectivity index (χ4v) is 2.92. The van der Waals surface area contributed by atoms with Gasteiger partial charge >= 0.3 is 5.97 Å². The van der Waals surface area contributed by atoms with Crippen molar-refractivity contribution in [1.29, 1.82) is 0 Å². The Hall–Kier alpha value is -3.34. The second kappa shape index (κ2) is 6.28. The van der Waals surface area contributed by atoms with E-state index in [-0.39, 0.29) is 5.97 Å². The van der Waals surface area contributed by atoms with Crippen molar-refractivity contribution in [2.24, 2.45) is 0 Å². The SMILES string of the molecule is CCOC(=O)c1c2ccccc2n2cc(Oc3ccccn3)ccc12. The predicted octanol–water partition coefficient (Wildman–Crippen LogP) is 4.46. The normalized spacial score (nSPS) is 10.9. The van der Waals surface area contributed by atoms with E-state index >= 15 is 0 Å². The Morgan fingerprint density at radius 2 is 1.88 bits per heavy atom. The zero-order chi connectivity index (χ0) is 17.2. The Morgan fingerprint density at radius 3 is 2.68 bits per heavy atom. The van der Waals surface area contributed by atoms with Gasteiger partial charge in [0.2, 0.25) is 5.88 Å². The number of ether oxygens (including phenoxy) is 2. The molecule has 5 heteroatoms. The van der Waals surface area contributed by atoms with Crippen molar-refractivity contribution >= 4 is 22.4 Å². The topological polar surface area (TPSA) is 52.8 Å². The number of rotatable bonds is 4. The van der Waals surface area contributed by atoms with Crippen molar-refractivity contribution in [1.82, 2.24) is 9.38 Å². The highest BCUT2D eigenvalue weighted by atomic mass is 16.5. The maximum atomic E-state index is 12.4. The molecule has 4 aromatic rings. The number of benzene rings is 1. The van der Waals surface area contributed by atoms with Crippen molar-refractivity contribution in [3.05, 3.63) is 72.6 Å². The molecule has 0 unspecified atom stereocenters. The minimum absolute atomic E-state index is 0.320. The first-order valence-corrected chi connectivity index (χ1v) is 8.06. The van der Waals surface area contributed by atoms with Gasteiger partial charge in [0.1, 0.15) is 5.75 Å². The number of para-hydroxylation sites is 1. The maximum absolute atomic E-state index is 12.4. The monoisotopic (exact) mass is 332 g/mol. The van der Waals surface area contributed by atoms with Crippen molar-refractivity contribution in [2.45, 2.75) is 6.92 Å². The van der Waals surface area contributed by atoms with Crippen LogP contribution in [-0.2, 0) is 4.74 Å². The second-order valence-corrected chi connectivity index (χ2v) is 5.50. The number of pyridine rings is 2. The lowest BCUT2D eigenvalue weighted by Crippen LogP contribution is -2.04. The van der Waals surface area contributed by atoms with Crippen molar-refractivity contribution in [2.75, 3.05) is 6.61 Å². The molecule has 3 heterocycles. The Morgan fingerprint density at radius 1 is 1.04 bits per heavy atom. The van der Waals surface area contributed by atoms with Crippen LogP contribution in [-0.4, -0.2) is 22.0 Å². The molecule has 3 aromatic heterocycles. The third kappa shape index (κ3) is 2.70. The van der Waals surface area contributed by atoms with Gasteiger partial charge in [-0.1, -0.05) is 24.3 Å². The molecule has 1 aromatic carbocycles. The molecule has 0 aliphatic heterocycles. The van der Waals surface area contributed by atoms with E-state index in [4.69, 9.17) is 9.47 Å². The first-order valence-electron chi connectivity index (χ1n) is 8.06. The van der Waals surface area contributed by atoms with Crippen LogP contribution in [0.25, 0.3) is 16.4 Å². The lowest BCUT2D eigenvalue weighted by molar-refractivity contribution is 0.0531. The molecule has 0 saturated heterocycles. The van der Waals surface area contributed by atoms with E-state index < -0.39 is 0 Å². The third-order valence-corrected chi connectivity index (χ3v) is 3.95. The summed E-state index contributed by atoms with van der Waals surface area (Å²) in [5, 5.41) is 0.857. The van der Waals surface area contributed by atoms with E-state index in [0.29, 0.717) is 23.8 Å². The smallest absolute Gasteiger partial charge is 0.340 e. The van der Waals surface area contributed by atoms with Crippen LogP contribution in [0.5, 0.6) is 11.6 Å². The van der Waals surface area contributed by atoms with Crippen molar-refractivity contribution in [3.8, 4) is 11.6 Å². The van der Waals surface area contributed by atoms with E-state index in [0.717, 1.165) is 16.4 Å². The second-order valence-electron chi connectivity index (χ2n) is 5.50. The molecule has 0 aliphatic rings. The number of esters is 1. The number of hydrogen-bond acceptors (Lipinski definition) is 4.